The van der Waals surface area contributed by atoms with Crippen molar-refractivity contribution < 1.29 is 0 Å². The molecule has 3 nitrogen and oxygen atoms in total. The first-order chi connectivity index (χ1) is 8.69. The van der Waals surface area contributed by atoms with E-state index in [1.165, 1.54) is 25.9 Å². The second-order valence-electron chi connectivity index (χ2n) is 5.42. The van der Waals surface area contributed by atoms with E-state index < -0.39 is 0 Å². The van der Waals surface area contributed by atoms with Crippen LogP contribution in [0.15, 0.2) is 0 Å². The molecular weight excluding hydrogens is 222 g/mol. The molecule has 18 heavy (non-hydrogen) atoms. The van der Waals surface area contributed by atoms with Gasteiger partial charge >= 0.3 is 0 Å². The number of nitrogens with zero attached hydrogens (tertiary/aromatic N) is 2. The van der Waals surface area contributed by atoms with Crippen LogP contribution in [0.3, 0.4) is 0 Å². The van der Waals surface area contributed by atoms with Gasteiger partial charge in [-0.25, -0.2) is 0 Å². The highest BCUT2D eigenvalue weighted by Gasteiger charge is 2.27. The molecule has 0 amide bonds. The first-order valence-corrected chi connectivity index (χ1v) is 7.24. The second kappa shape index (κ2) is 8.53. The van der Waals surface area contributed by atoms with Gasteiger partial charge in [0.05, 0.1) is 0 Å². The first-order valence-electron chi connectivity index (χ1n) is 7.24. The average molecular weight is 251 g/mol. The lowest BCUT2D eigenvalue weighted by molar-refractivity contribution is 0.172. The molecule has 0 spiro atoms. The molecule has 1 saturated heterocycles. The zero-order valence-electron chi connectivity index (χ0n) is 12.3. The van der Waals surface area contributed by atoms with Gasteiger partial charge in [-0.2, -0.15) is 0 Å². The van der Waals surface area contributed by atoms with Gasteiger partial charge in [0.15, 0.2) is 0 Å². The summed E-state index contributed by atoms with van der Waals surface area (Å²) < 4.78 is 0. The summed E-state index contributed by atoms with van der Waals surface area (Å²) in [6.07, 6.45) is 9.83. The number of nitrogens with one attached hydrogen (secondary N) is 1. The van der Waals surface area contributed by atoms with E-state index in [4.69, 9.17) is 6.42 Å². The summed E-state index contributed by atoms with van der Waals surface area (Å²) in [5.41, 5.74) is 0. The molecule has 1 heterocycles. The predicted molar refractivity (Wildman–Crippen MR) is 78.7 cm³/mol. The number of terminal acetylenes is 1. The molecule has 0 aromatic rings. The van der Waals surface area contributed by atoms with Gasteiger partial charge in [-0.15, -0.1) is 12.3 Å². The van der Waals surface area contributed by atoms with E-state index in [0.29, 0.717) is 12.1 Å². The third-order valence-electron chi connectivity index (χ3n) is 3.88. The van der Waals surface area contributed by atoms with Crippen LogP contribution in [-0.2, 0) is 0 Å². The topological polar surface area (TPSA) is 18.5 Å². The highest BCUT2D eigenvalue weighted by atomic mass is 15.2. The van der Waals surface area contributed by atoms with E-state index in [1.54, 1.807) is 0 Å². The van der Waals surface area contributed by atoms with E-state index >= 15 is 0 Å². The fourth-order valence-electron chi connectivity index (χ4n) is 2.86. The summed E-state index contributed by atoms with van der Waals surface area (Å²) in [6.45, 7) is 6.80. The van der Waals surface area contributed by atoms with Crippen LogP contribution in [0, 0.1) is 12.3 Å². The lowest BCUT2D eigenvalue weighted by atomic mass is 10.00. The van der Waals surface area contributed by atoms with E-state index in [-0.39, 0.29) is 0 Å². The number of rotatable bonds is 6. The maximum absolute atomic E-state index is 5.35. The van der Waals surface area contributed by atoms with Crippen LogP contribution in [0.5, 0.6) is 0 Å². The van der Waals surface area contributed by atoms with Crippen molar-refractivity contribution in [1.82, 2.24) is 15.1 Å². The van der Waals surface area contributed by atoms with Crippen molar-refractivity contribution in [3.63, 3.8) is 0 Å². The number of hydrogen-bond donors (Lipinski definition) is 1. The van der Waals surface area contributed by atoms with Gasteiger partial charge in [0.2, 0.25) is 0 Å². The molecule has 1 fully saturated rings. The standard InChI is InChI=1S/C15H29N3/c1-5-7-8-10-14(16-6-2)15-13-17(3)11-9-12-18(15)4/h1,14-16H,6-13H2,2-4H3. The number of likely N-dealkylation sites (N-methyl/N-ethyl adjacent to an activating group) is 3. The smallest absolute Gasteiger partial charge is 0.0373 e. The largest absolute Gasteiger partial charge is 0.313 e. The molecular formula is C15H29N3. The quantitative estimate of drug-likeness (QED) is 0.569. The summed E-state index contributed by atoms with van der Waals surface area (Å²) in [5, 5.41) is 3.65. The van der Waals surface area contributed by atoms with Gasteiger partial charge in [-0.3, -0.25) is 0 Å². The normalized spacial score (nSPS) is 24.4. The molecule has 0 saturated carbocycles. The third-order valence-corrected chi connectivity index (χ3v) is 3.88. The zero-order chi connectivity index (χ0) is 13.4. The van der Waals surface area contributed by atoms with Gasteiger partial charge in [-0.05, 0) is 53.0 Å². The zero-order valence-corrected chi connectivity index (χ0v) is 12.3. The van der Waals surface area contributed by atoms with Crippen LogP contribution < -0.4 is 5.32 Å². The Hall–Kier alpha value is -0.560. The molecule has 1 rings (SSSR count). The minimum atomic E-state index is 0.564. The van der Waals surface area contributed by atoms with Crippen molar-refractivity contribution in [2.75, 3.05) is 40.3 Å². The lowest BCUT2D eigenvalue weighted by Gasteiger charge is -2.35. The van der Waals surface area contributed by atoms with Crippen molar-refractivity contribution in [3.8, 4) is 12.3 Å². The van der Waals surface area contributed by atoms with Crippen LogP contribution in [0.2, 0.25) is 0 Å². The molecule has 2 unspecified atom stereocenters. The highest BCUT2D eigenvalue weighted by molar-refractivity contribution is 4.89. The lowest BCUT2D eigenvalue weighted by Crippen LogP contribution is -2.52. The molecule has 3 heteroatoms. The van der Waals surface area contributed by atoms with Crippen molar-refractivity contribution in [3.05, 3.63) is 0 Å². The monoisotopic (exact) mass is 251 g/mol. The molecule has 0 aliphatic carbocycles. The number of unbranched alkanes of at least 4 members (excludes halogenated alkanes) is 1. The molecule has 1 aliphatic heterocycles. The Balaban J connectivity index is 2.59. The van der Waals surface area contributed by atoms with Crippen molar-refractivity contribution >= 4 is 0 Å². The van der Waals surface area contributed by atoms with E-state index in [2.05, 4.69) is 42.1 Å². The summed E-state index contributed by atoms with van der Waals surface area (Å²) >= 11 is 0. The van der Waals surface area contributed by atoms with Gasteiger partial charge in [0.1, 0.15) is 0 Å². The van der Waals surface area contributed by atoms with Gasteiger partial charge in [0, 0.05) is 25.0 Å². The van der Waals surface area contributed by atoms with Crippen LogP contribution >= 0.6 is 0 Å². The summed E-state index contributed by atoms with van der Waals surface area (Å²) in [4.78, 5) is 4.98. The molecule has 2 atom stereocenters. The predicted octanol–water partition coefficient (Wildman–Crippen LogP) is 1.40. The van der Waals surface area contributed by atoms with Crippen LogP contribution in [-0.4, -0.2) is 62.2 Å². The Labute approximate surface area is 113 Å². The fourth-order valence-corrected chi connectivity index (χ4v) is 2.86. The van der Waals surface area contributed by atoms with Crippen molar-refractivity contribution in [2.45, 2.75) is 44.7 Å². The molecule has 0 aromatic heterocycles. The molecule has 0 radical (unpaired) electrons. The molecule has 104 valence electrons. The first kappa shape index (κ1) is 15.5. The van der Waals surface area contributed by atoms with Gasteiger partial charge in [0.25, 0.3) is 0 Å². The fraction of sp³-hybridized carbons (Fsp3) is 0.867. The van der Waals surface area contributed by atoms with E-state index in [1.807, 2.05) is 0 Å². The Bertz CT molecular complexity index is 259. The maximum atomic E-state index is 5.35. The van der Waals surface area contributed by atoms with E-state index in [9.17, 15) is 0 Å². The van der Waals surface area contributed by atoms with E-state index in [0.717, 1.165) is 25.9 Å². The van der Waals surface area contributed by atoms with Crippen LogP contribution in [0.4, 0.5) is 0 Å². The maximum Gasteiger partial charge on any atom is 0.0373 e. The van der Waals surface area contributed by atoms with Crippen LogP contribution in [0.25, 0.3) is 0 Å². The SMILES string of the molecule is C#CCCCC(NCC)C1CN(C)CCCN1C. The molecule has 0 bridgehead atoms. The summed E-state index contributed by atoms with van der Waals surface area (Å²) in [5.74, 6) is 2.75. The third kappa shape index (κ3) is 4.97. The van der Waals surface area contributed by atoms with Gasteiger partial charge in [-0.1, -0.05) is 6.92 Å². The van der Waals surface area contributed by atoms with Crippen molar-refractivity contribution in [1.29, 1.82) is 0 Å². The minimum absolute atomic E-state index is 0.564. The van der Waals surface area contributed by atoms with Crippen LogP contribution in [0.1, 0.15) is 32.6 Å². The van der Waals surface area contributed by atoms with Gasteiger partial charge < -0.3 is 15.1 Å². The Morgan fingerprint density at radius 2 is 2.17 bits per heavy atom. The molecule has 1 aliphatic rings. The summed E-state index contributed by atoms with van der Waals surface area (Å²) in [6, 6.07) is 1.17. The molecule has 0 aromatic carbocycles. The molecule has 1 N–H and O–H groups in total. The second-order valence-corrected chi connectivity index (χ2v) is 5.42. The Kier molecular flexibility index (Phi) is 7.34. The highest BCUT2D eigenvalue weighted by Crippen LogP contribution is 2.14. The minimum Gasteiger partial charge on any atom is -0.313 e. The summed E-state index contributed by atoms with van der Waals surface area (Å²) in [7, 11) is 4.49. The Morgan fingerprint density at radius 3 is 2.83 bits per heavy atom. The van der Waals surface area contributed by atoms with Crippen molar-refractivity contribution in [2.24, 2.45) is 0 Å². The number of hydrogen-bond acceptors (Lipinski definition) is 3. The Morgan fingerprint density at radius 1 is 1.39 bits per heavy atom. The average Bonchev–Trinajstić information content (AvgIpc) is 2.50.